The van der Waals surface area contributed by atoms with E-state index in [9.17, 15) is 0 Å². The molecule has 3 heterocycles. The minimum atomic E-state index is 0.660. The summed E-state index contributed by atoms with van der Waals surface area (Å²) >= 11 is 5.64. The van der Waals surface area contributed by atoms with Crippen molar-refractivity contribution in [2.45, 2.75) is 40.4 Å². The Morgan fingerprint density at radius 3 is 2.78 bits per heavy atom. The van der Waals surface area contributed by atoms with E-state index in [0.717, 1.165) is 35.7 Å². The van der Waals surface area contributed by atoms with Crippen molar-refractivity contribution >= 4 is 29.0 Å². The fourth-order valence-corrected chi connectivity index (χ4v) is 4.01. The van der Waals surface area contributed by atoms with E-state index in [0.29, 0.717) is 17.2 Å². The van der Waals surface area contributed by atoms with E-state index < -0.39 is 0 Å². The summed E-state index contributed by atoms with van der Waals surface area (Å²) in [6, 6.07) is 10.3. The van der Waals surface area contributed by atoms with Gasteiger partial charge in [0.1, 0.15) is 17.9 Å². The number of fused-ring (bicyclic) bond motifs is 2. The highest BCUT2D eigenvalue weighted by atomic mass is 32.1. The average molecular weight is 383 g/mol. The van der Waals surface area contributed by atoms with Gasteiger partial charge in [0.2, 0.25) is 4.77 Å². The maximum absolute atomic E-state index is 6.03. The quantitative estimate of drug-likeness (QED) is 0.539. The van der Waals surface area contributed by atoms with Crippen LogP contribution in [0.4, 0.5) is 0 Å². The van der Waals surface area contributed by atoms with Crippen molar-refractivity contribution in [1.29, 1.82) is 0 Å². The normalized spacial score (nSPS) is 12.9. The maximum Gasteiger partial charge on any atom is 0.254 e. The number of aromatic nitrogens is 4. The third-order valence-corrected chi connectivity index (χ3v) is 5.26. The van der Waals surface area contributed by atoms with Crippen molar-refractivity contribution in [3.8, 4) is 0 Å². The van der Waals surface area contributed by atoms with Crippen molar-refractivity contribution in [3.63, 3.8) is 0 Å². The number of hydrogen-bond acceptors (Lipinski definition) is 4. The van der Waals surface area contributed by atoms with Gasteiger partial charge in [-0.15, -0.1) is 5.10 Å². The zero-order valence-electron chi connectivity index (χ0n) is 16.1. The Morgan fingerprint density at radius 2 is 2.00 bits per heavy atom. The van der Waals surface area contributed by atoms with Crippen molar-refractivity contribution < 1.29 is 9.32 Å². The van der Waals surface area contributed by atoms with Gasteiger partial charge in [0.15, 0.2) is 6.67 Å². The van der Waals surface area contributed by atoms with E-state index in [1.54, 1.807) is 0 Å². The number of para-hydroxylation sites is 1. The molecular weight excluding hydrogens is 358 g/mol. The fourth-order valence-electron chi connectivity index (χ4n) is 3.68. The number of aryl methyl sites for hydroxylation is 3. The molecule has 0 aliphatic carbocycles. The average Bonchev–Trinajstić information content (AvgIpc) is 3.13. The molecule has 3 aromatic heterocycles. The summed E-state index contributed by atoms with van der Waals surface area (Å²) < 4.78 is 10.5. The predicted octanol–water partition coefficient (Wildman–Crippen LogP) is 2.86. The first-order valence-corrected chi connectivity index (χ1v) is 9.63. The highest BCUT2D eigenvalue weighted by molar-refractivity contribution is 7.71. The fraction of sp³-hybridized carbons (Fsp3) is 0.350. The van der Waals surface area contributed by atoms with Crippen molar-refractivity contribution in [3.05, 3.63) is 57.8 Å². The Bertz CT molecular complexity index is 1190. The van der Waals surface area contributed by atoms with Gasteiger partial charge >= 0.3 is 0 Å². The van der Waals surface area contributed by atoms with Gasteiger partial charge in [0.05, 0.1) is 12.6 Å². The molecule has 4 rings (SSSR count). The van der Waals surface area contributed by atoms with Crippen LogP contribution in [0.2, 0.25) is 0 Å². The molecule has 0 amide bonds. The standard InChI is InChI=1S/C20H23N5OS/c1-5-17-16(15-8-6-7-9-18(15)26-17)11-23(4)12-24-20(27)25-14(3)10-13(2)21-19(25)22-24/h6-10H,5,11-12H2,1-4H3/p+1. The molecule has 1 aromatic carbocycles. The first kappa shape index (κ1) is 17.9. The van der Waals surface area contributed by atoms with E-state index in [-0.39, 0.29) is 0 Å². The molecule has 140 valence electrons. The molecule has 7 heteroatoms. The zero-order valence-corrected chi connectivity index (χ0v) is 16.9. The van der Waals surface area contributed by atoms with Gasteiger partial charge < -0.3 is 9.32 Å². The minimum absolute atomic E-state index is 0.660. The Hall–Kier alpha value is -2.51. The van der Waals surface area contributed by atoms with Crippen molar-refractivity contribution in [1.82, 2.24) is 19.2 Å². The largest absolute Gasteiger partial charge is 0.461 e. The summed E-state index contributed by atoms with van der Waals surface area (Å²) in [5.41, 5.74) is 4.23. The number of hydrogen-bond donors (Lipinski definition) is 1. The van der Waals surface area contributed by atoms with Crippen LogP contribution in [0.5, 0.6) is 0 Å². The molecule has 1 N–H and O–H groups in total. The molecule has 1 unspecified atom stereocenters. The molecular formula is C20H24N5OS+. The summed E-state index contributed by atoms with van der Waals surface area (Å²) in [5, 5.41) is 5.82. The van der Waals surface area contributed by atoms with Gasteiger partial charge in [-0.2, -0.15) is 4.68 Å². The minimum Gasteiger partial charge on any atom is -0.461 e. The molecule has 0 aliphatic rings. The van der Waals surface area contributed by atoms with Crippen LogP contribution in [-0.4, -0.2) is 26.2 Å². The molecule has 6 nitrogen and oxygen atoms in total. The van der Waals surface area contributed by atoms with E-state index in [1.807, 2.05) is 41.1 Å². The van der Waals surface area contributed by atoms with Crippen LogP contribution in [-0.2, 0) is 19.6 Å². The Balaban J connectivity index is 1.65. The van der Waals surface area contributed by atoms with Crippen LogP contribution in [0.25, 0.3) is 16.7 Å². The van der Waals surface area contributed by atoms with Gasteiger partial charge in [-0.1, -0.05) is 25.1 Å². The summed E-state index contributed by atoms with van der Waals surface area (Å²) in [4.78, 5) is 5.79. The maximum atomic E-state index is 6.03. The van der Waals surface area contributed by atoms with Gasteiger partial charge in [-0.25, -0.2) is 4.98 Å². The number of nitrogens with one attached hydrogen (secondary N) is 1. The molecule has 0 radical (unpaired) electrons. The lowest BCUT2D eigenvalue weighted by molar-refractivity contribution is -0.917. The smallest absolute Gasteiger partial charge is 0.254 e. The van der Waals surface area contributed by atoms with E-state index in [4.69, 9.17) is 16.6 Å². The molecule has 0 saturated heterocycles. The number of nitrogens with zero attached hydrogens (tertiary/aromatic N) is 4. The second kappa shape index (κ2) is 6.90. The zero-order chi connectivity index (χ0) is 19.1. The van der Waals surface area contributed by atoms with Crippen molar-refractivity contribution in [2.75, 3.05) is 7.05 Å². The van der Waals surface area contributed by atoms with Crippen LogP contribution in [0, 0.1) is 18.6 Å². The van der Waals surface area contributed by atoms with Gasteiger partial charge in [-0.05, 0) is 38.2 Å². The van der Waals surface area contributed by atoms with E-state index in [1.165, 1.54) is 15.8 Å². The molecule has 0 fully saturated rings. The van der Waals surface area contributed by atoms with Crippen LogP contribution in [0.1, 0.15) is 29.6 Å². The first-order valence-electron chi connectivity index (χ1n) is 9.22. The third kappa shape index (κ3) is 3.17. The highest BCUT2D eigenvalue weighted by Crippen LogP contribution is 2.25. The SMILES string of the molecule is CCc1oc2ccccc2c1C[NH+](C)Cn1nc2nc(C)cc(C)n2c1=S. The lowest BCUT2D eigenvalue weighted by atomic mass is 10.1. The molecule has 4 aromatic rings. The number of benzene rings is 1. The lowest BCUT2D eigenvalue weighted by Crippen LogP contribution is -3.07. The Morgan fingerprint density at radius 1 is 1.22 bits per heavy atom. The predicted molar refractivity (Wildman–Crippen MR) is 107 cm³/mol. The summed E-state index contributed by atoms with van der Waals surface area (Å²) in [6.45, 7) is 7.66. The Labute approximate surface area is 163 Å². The monoisotopic (exact) mass is 382 g/mol. The molecule has 0 spiro atoms. The molecule has 1 atom stereocenters. The van der Waals surface area contributed by atoms with Gasteiger partial charge in [-0.3, -0.25) is 4.40 Å². The Kier molecular flexibility index (Phi) is 4.57. The number of furan rings is 1. The number of quaternary nitrogens is 1. The van der Waals surface area contributed by atoms with Crippen LogP contribution >= 0.6 is 12.2 Å². The van der Waals surface area contributed by atoms with Crippen LogP contribution in [0.15, 0.2) is 34.7 Å². The summed E-state index contributed by atoms with van der Waals surface area (Å²) in [5.74, 6) is 1.72. The third-order valence-electron chi connectivity index (χ3n) is 4.87. The molecule has 0 aliphatic heterocycles. The van der Waals surface area contributed by atoms with Gasteiger partial charge in [0.25, 0.3) is 5.78 Å². The molecule has 0 bridgehead atoms. The topological polar surface area (TPSA) is 52.7 Å². The summed E-state index contributed by atoms with van der Waals surface area (Å²) in [7, 11) is 2.15. The van der Waals surface area contributed by atoms with E-state index in [2.05, 4.69) is 36.2 Å². The molecule has 0 saturated carbocycles. The summed E-state index contributed by atoms with van der Waals surface area (Å²) in [6.07, 6.45) is 0.882. The number of rotatable bonds is 5. The van der Waals surface area contributed by atoms with Crippen molar-refractivity contribution in [2.24, 2.45) is 0 Å². The lowest BCUT2D eigenvalue weighted by Gasteiger charge is -2.13. The second-order valence-corrected chi connectivity index (χ2v) is 7.47. The second-order valence-electron chi connectivity index (χ2n) is 7.10. The first-order chi connectivity index (χ1) is 13.0. The van der Waals surface area contributed by atoms with Crippen LogP contribution < -0.4 is 4.90 Å². The molecule has 27 heavy (non-hydrogen) atoms. The highest BCUT2D eigenvalue weighted by Gasteiger charge is 2.18. The van der Waals surface area contributed by atoms with Crippen LogP contribution in [0.3, 0.4) is 0 Å². The van der Waals surface area contributed by atoms with Gasteiger partial charge in [0, 0.05) is 23.2 Å². The van der Waals surface area contributed by atoms with E-state index >= 15 is 0 Å².